The van der Waals surface area contributed by atoms with Crippen molar-refractivity contribution in [2.24, 2.45) is 11.7 Å². The lowest BCUT2D eigenvalue weighted by Crippen LogP contribution is -2.17. The highest BCUT2D eigenvalue weighted by Crippen LogP contribution is 2.39. The van der Waals surface area contributed by atoms with Crippen molar-refractivity contribution in [1.29, 1.82) is 0 Å². The van der Waals surface area contributed by atoms with Gasteiger partial charge < -0.3 is 16.6 Å². The van der Waals surface area contributed by atoms with Crippen LogP contribution in [0.4, 0.5) is 5.82 Å². The van der Waals surface area contributed by atoms with E-state index in [0.717, 1.165) is 22.5 Å². The Morgan fingerprint density at radius 1 is 1.38 bits per heavy atom. The van der Waals surface area contributed by atoms with Gasteiger partial charge in [0.2, 0.25) is 0 Å². The monoisotopic (exact) mass is 326 g/mol. The Bertz CT molecular complexity index is 934. The van der Waals surface area contributed by atoms with E-state index in [9.17, 15) is 9.90 Å². The Kier molecular flexibility index (Phi) is 3.63. The van der Waals surface area contributed by atoms with Gasteiger partial charge in [-0.05, 0) is 44.9 Å². The Morgan fingerprint density at radius 2 is 2.04 bits per heavy atom. The van der Waals surface area contributed by atoms with Gasteiger partial charge in [-0.15, -0.1) is 0 Å². The maximum atomic E-state index is 12.0. The van der Waals surface area contributed by atoms with E-state index in [1.165, 1.54) is 0 Å². The number of hydrogen-bond acceptors (Lipinski definition) is 4. The summed E-state index contributed by atoms with van der Waals surface area (Å²) in [6, 6.07) is 1.89. The fourth-order valence-corrected chi connectivity index (χ4v) is 3.36. The quantitative estimate of drug-likeness (QED) is 0.788. The number of aryl methyl sites for hydroxylation is 2. The number of nitrogen functional groups attached to an aromatic ring is 1. The minimum atomic E-state index is -0.581. The number of amides is 1. The lowest BCUT2D eigenvalue weighted by Gasteiger charge is -2.25. The highest BCUT2D eigenvalue weighted by Gasteiger charge is 2.28. The van der Waals surface area contributed by atoms with E-state index in [4.69, 9.17) is 11.5 Å². The van der Waals surface area contributed by atoms with Crippen LogP contribution >= 0.6 is 0 Å². The zero-order valence-corrected chi connectivity index (χ0v) is 14.3. The molecule has 0 bridgehead atoms. The van der Waals surface area contributed by atoms with Gasteiger partial charge >= 0.3 is 0 Å². The zero-order chi connectivity index (χ0) is 17.8. The molecule has 0 aliphatic heterocycles. The Labute approximate surface area is 140 Å². The lowest BCUT2D eigenvalue weighted by molar-refractivity contribution is 0.100. The molecule has 1 aliphatic rings. The van der Waals surface area contributed by atoms with Gasteiger partial charge in [-0.25, -0.2) is 4.98 Å². The molecule has 0 saturated heterocycles. The minimum Gasteiger partial charge on any atom is -0.508 e. The van der Waals surface area contributed by atoms with Gasteiger partial charge in [0.15, 0.2) is 0 Å². The molecule has 0 fully saturated rings. The maximum Gasteiger partial charge on any atom is 0.253 e. The van der Waals surface area contributed by atoms with Gasteiger partial charge in [-0.1, -0.05) is 6.92 Å². The number of aliphatic hydroxyl groups excluding tert-OH is 1. The summed E-state index contributed by atoms with van der Waals surface area (Å²) in [5, 5.41) is 10.8. The number of aliphatic hydroxyl groups is 1. The third-order valence-corrected chi connectivity index (χ3v) is 4.81. The third-order valence-electron chi connectivity index (χ3n) is 4.81. The number of carbonyl (C=O) groups is 1. The number of hydrogen-bond donors (Lipinski definition) is 3. The first-order valence-electron chi connectivity index (χ1n) is 7.92. The van der Waals surface area contributed by atoms with Crippen molar-refractivity contribution >= 4 is 28.5 Å². The average molecular weight is 326 g/mol. The molecule has 2 aromatic rings. The first-order chi connectivity index (χ1) is 11.2. The topological polar surface area (TPSA) is 107 Å². The van der Waals surface area contributed by atoms with Gasteiger partial charge in [0.25, 0.3) is 5.91 Å². The van der Waals surface area contributed by atoms with Crippen LogP contribution < -0.4 is 11.5 Å². The SMILES string of the molecule is CC1=C(n2c(N)c(C(N)=O)c3cc(C)c(C)nc32)[C@H](C)CC=C1O. The molecule has 0 unspecified atom stereocenters. The number of nitrogens with zero attached hydrogens (tertiary/aromatic N) is 2. The molecule has 1 aliphatic carbocycles. The average Bonchev–Trinajstić information content (AvgIpc) is 2.77. The van der Waals surface area contributed by atoms with Crippen LogP contribution in [0, 0.1) is 19.8 Å². The van der Waals surface area contributed by atoms with Crippen LogP contribution in [-0.4, -0.2) is 20.6 Å². The molecule has 6 nitrogen and oxygen atoms in total. The molecule has 0 radical (unpaired) electrons. The van der Waals surface area contributed by atoms with Crippen LogP contribution in [0.25, 0.3) is 16.7 Å². The number of nitrogens with two attached hydrogens (primary N) is 2. The molecule has 5 N–H and O–H groups in total. The number of carbonyl (C=O) groups excluding carboxylic acids is 1. The molecular formula is C18H22N4O2. The summed E-state index contributed by atoms with van der Waals surface area (Å²) >= 11 is 0. The molecule has 126 valence electrons. The molecule has 0 aromatic carbocycles. The molecule has 3 rings (SSSR count). The number of aromatic nitrogens is 2. The summed E-state index contributed by atoms with van der Waals surface area (Å²) < 4.78 is 1.77. The summed E-state index contributed by atoms with van der Waals surface area (Å²) in [5.74, 6) is 0.0467. The van der Waals surface area contributed by atoms with Crippen LogP contribution in [0.5, 0.6) is 0 Å². The standard InChI is InChI=1S/C18H22N4O2/c1-8-5-6-13(23)10(3)15(8)22-16(19)14(17(20)24)12-7-9(2)11(4)21-18(12)22/h6-8,23H,5,19H2,1-4H3,(H2,20,24)/t8-/m1/s1. The van der Waals surface area contributed by atoms with Crippen molar-refractivity contribution in [1.82, 2.24) is 9.55 Å². The summed E-state index contributed by atoms with van der Waals surface area (Å²) in [5.41, 5.74) is 16.2. The molecule has 6 heteroatoms. The van der Waals surface area contributed by atoms with Crippen molar-refractivity contribution in [3.05, 3.63) is 40.3 Å². The number of fused-ring (bicyclic) bond motifs is 1. The van der Waals surface area contributed by atoms with Crippen LogP contribution in [0.3, 0.4) is 0 Å². The number of rotatable bonds is 2. The summed E-state index contributed by atoms with van der Waals surface area (Å²) in [4.78, 5) is 16.6. The van der Waals surface area contributed by atoms with E-state index in [-0.39, 0.29) is 23.1 Å². The fraction of sp³-hybridized carbons (Fsp3) is 0.333. The largest absolute Gasteiger partial charge is 0.508 e. The van der Waals surface area contributed by atoms with Crippen LogP contribution in [-0.2, 0) is 0 Å². The minimum absolute atomic E-state index is 0.128. The Balaban J connectivity index is 2.47. The van der Waals surface area contributed by atoms with E-state index in [2.05, 4.69) is 11.9 Å². The summed E-state index contributed by atoms with van der Waals surface area (Å²) in [7, 11) is 0. The highest BCUT2D eigenvalue weighted by molar-refractivity contribution is 6.11. The number of anilines is 1. The van der Waals surface area contributed by atoms with Crippen LogP contribution in [0.1, 0.15) is 41.9 Å². The number of pyridine rings is 1. The molecular weight excluding hydrogens is 304 g/mol. The molecule has 2 heterocycles. The van der Waals surface area contributed by atoms with Gasteiger partial charge in [0.05, 0.1) is 5.56 Å². The molecule has 1 atom stereocenters. The lowest BCUT2D eigenvalue weighted by atomic mass is 9.93. The van der Waals surface area contributed by atoms with E-state index in [0.29, 0.717) is 17.5 Å². The van der Waals surface area contributed by atoms with Gasteiger partial charge in [0, 0.05) is 28.3 Å². The Hall–Kier alpha value is -2.76. The van der Waals surface area contributed by atoms with Crippen molar-refractivity contribution < 1.29 is 9.90 Å². The third kappa shape index (κ3) is 2.18. The first kappa shape index (κ1) is 16.1. The predicted octanol–water partition coefficient (Wildman–Crippen LogP) is 3.05. The van der Waals surface area contributed by atoms with Crippen LogP contribution in [0.2, 0.25) is 0 Å². The molecule has 1 amide bonds. The van der Waals surface area contributed by atoms with Crippen LogP contribution in [0.15, 0.2) is 23.5 Å². The Morgan fingerprint density at radius 3 is 2.67 bits per heavy atom. The van der Waals surface area contributed by atoms with Crippen molar-refractivity contribution in [3.8, 4) is 0 Å². The fourth-order valence-electron chi connectivity index (χ4n) is 3.36. The van der Waals surface area contributed by atoms with Gasteiger partial charge in [0.1, 0.15) is 17.2 Å². The molecule has 0 spiro atoms. The number of allylic oxidation sites excluding steroid dienone is 3. The van der Waals surface area contributed by atoms with Crippen molar-refractivity contribution in [2.45, 2.75) is 34.1 Å². The van der Waals surface area contributed by atoms with E-state index in [1.807, 2.05) is 26.8 Å². The second-order valence-electron chi connectivity index (χ2n) is 6.46. The van der Waals surface area contributed by atoms with Gasteiger partial charge in [-0.2, -0.15) is 0 Å². The predicted molar refractivity (Wildman–Crippen MR) is 95.5 cm³/mol. The first-order valence-corrected chi connectivity index (χ1v) is 7.92. The van der Waals surface area contributed by atoms with E-state index in [1.54, 1.807) is 10.6 Å². The highest BCUT2D eigenvalue weighted by atomic mass is 16.3. The second-order valence-corrected chi connectivity index (χ2v) is 6.46. The maximum absolute atomic E-state index is 12.0. The second kappa shape index (κ2) is 5.40. The molecule has 0 saturated carbocycles. The summed E-state index contributed by atoms with van der Waals surface area (Å²) in [6.45, 7) is 7.74. The van der Waals surface area contributed by atoms with Crippen molar-refractivity contribution in [2.75, 3.05) is 5.73 Å². The van der Waals surface area contributed by atoms with Gasteiger partial charge in [-0.3, -0.25) is 9.36 Å². The van der Waals surface area contributed by atoms with E-state index < -0.39 is 5.91 Å². The normalized spacial score (nSPS) is 18.2. The van der Waals surface area contributed by atoms with E-state index >= 15 is 0 Å². The summed E-state index contributed by atoms with van der Waals surface area (Å²) in [6.07, 6.45) is 2.48. The van der Waals surface area contributed by atoms with Crippen molar-refractivity contribution in [3.63, 3.8) is 0 Å². The molecule has 2 aromatic heterocycles. The smallest absolute Gasteiger partial charge is 0.253 e. The molecule has 24 heavy (non-hydrogen) atoms. The zero-order valence-electron chi connectivity index (χ0n) is 14.3. The number of primary amides is 1.